The molecule has 0 saturated carbocycles. The van der Waals surface area contributed by atoms with Crippen LogP contribution in [0, 0.1) is 0 Å². The van der Waals surface area contributed by atoms with Gasteiger partial charge in [-0.3, -0.25) is 5.32 Å². The highest BCUT2D eigenvalue weighted by atomic mass is 16.4. The second-order valence-corrected chi connectivity index (χ2v) is 1.91. The topological polar surface area (TPSA) is 72.7 Å². The first-order valence-electron chi connectivity index (χ1n) is 2.49. The largest absolute Gasteiger partial charge is 0.389 e. The van der Waals surface area contributed by atoms with Gasteiger partial charge in [-0.1, -0.05) is 0 Å². The van der Waals surface area contributed by atoms with Crippen molar-refractivity contribution >= 4 is 0 Å². The Labute approximate surface area is 46.8 Å². The molecule has 0 bridgehead atoms. The van der Waals surface area contributed by atoms with Crippen LogP contribution in [0.15, 0.2) is 0 Å². The van der Waals surface area contributed by atoms with Crippen molar-refractivity contribution in [2.75, 3.05) is 6.54 Å². The van der Waals surface area contributed by atoms with E-state index in [0.717, 1.165) is 0 Å². The Morgan fingerprint density at radius 3 is 2.00 bits per heavy atom. The van der Waals surface area contributed by atoms with Gasteiger partial charge in [-0.2, -0.15) is 0 Å². The van der Waals surface area contributed by atoms with E-state index in [0.29, 0.717) is 0 Å². The first-order chi connectivity index (χ1) is 3.72. The Bertz CT molecular complexity index is 77.4. The molecule has 1 rings (SSSR count). The summed E-state index contributed by atoms with van der Waals surface area (Å²) >= 11 is 0. The average Bonchev–Trinajstić information content (AvgIpc) is 1.98. The van der Waals surface area contributed by atoms with Crippen LogP contribution in [0.5, 0.6) is 0 Å². The molecule has 1 heterocycles. The highest BCUT2D eigenvalue weighted by Gasteiger charge is 2.30. The molecule has 0 aliphatic carbocycles. The summed E-state index contributed by atoms with van der Waals surface area (Å²) in [6.07, 6.45) is -2.79. The van der Waals surface area contributed by atoms with Crippen molar-refractivity contribution in [2.45, 2.75) is 18.4 Å². The van der Waals surface area contributed by atoms with Crippen molar-refractivity contribution in [2.24, 2.45) is 0 Å². The van der Waals surface area contributed by atoms with Gasteiger partial charge in [-0.25, -0.2) is 0 Å². The van der Waals surface area contributed by atoms with E-state index in [1.54, 1.807) is 0 Å². The standard InChI is InChI=1S/C4H9NO3/c6-2-1-5-4(8)3(2)7/h2-8H,1H2/t2-,3+,4+/m1/s1. The van der Waals surface area contributed by atoms with Gasteiger partial charge < -0.3 is 15.3 Å². The van der Waals surface area contributed by atoms with Gasteiger partial charge in [0.25, 0.3) is 0 Å². The molecule has 4 nitrogen and oxygen atoms in total. The summed E-state index contributed by atoms with van der Waals surface area (Å²) in [4.78, 5) is 0. The monoisotopic (exact) mass is 119 g/mol. The van der Waals surface area contributed by atoms with E-state index in [2.05, 4.69) is 5.32 Å². The molecule has 0 aromatic rings. The summed E-state index contributed by atoms with van der Waals surface area (Å²) in [5, 5.41) is 28.5. The molecule has 4 heteroatoms. The van der Waals surface area contributed by atoms with Crippen molar-refractivity contribution in [1.29, 1.82) is 0 Å². The lowest BCUT2D eigenvalue weighted by atomic mass is 10.2. The van der Waals surface area contributed by atoms with Crippen LogP contribution in [0.25, 0.3) is 0 Å². The Hall–Kier alpha value is -0.160. The number of hydrogen-bond acceptors (Lipinski definition) is 4. The van der Waals surface area contributed by atoms with Gasteiger partial charge in [0.05, 0.1) is 6.10 Å². The molecule has 0 amide bonds. The number of β-amino-alcohol motifs (C(OH)–C–C–N with tert-alkyl or cyclic N) is 1. The van der Waals surface area contributed by atoms with Crippen LogP contribution < -0.4 is 5.32 Å². The Kier molecular flexibility index (Phi) is 1.48. The van der Waals surface area contributed by atoms with Crippen molar-refractivity contribution in [3.05, 3.63) is 0 Å². The van der Waals surface area contributed by atoms with Crippen LogP contribution in [0.1, 0.15) is 0 Å². The predicted molar refractivity (Wildman–Crippen MR) is 26.0 cm³/mol. The molecule has 48 valence electrons. The summed E-state index contributed by atoms with van der Waals surface area (Å²) < 4.78 is 0. The zero-order valence-corrected chi connectivity index (χ0v) is 4.28. The minimum absolute atomic E-state index is 0.266. The zero-order chi connectivity index (χ0) is 6.15. The van der Waals surface area contributed by atoms with Crippen molar-refractivity contribution in [3.8, 4) is 0 Å². The molecule has 0 unspecified atom stereocenters. The molecule has 1 aliphatic heterocycles. The van der Waals surface area contributed by atoms with Crippen LogP contribution in [0.3, 0.4) is 0 Å². The predicted octanol–water partition coefficient (Wildman–Crippen LogP) is -2.37. The second kappa shape index (κ2) is 1.99. The van der Waals surface area contributed by atoms with E-state index >= 15 is 0 Å². The first kappa shape index (κ1) is 5.97. The SMILES string of the molecule is O[C@H]1[C@H](O)CN[C@H]1O. The minimum atomic E-state index is -1.02. The number of aliphatic hydroxyl groups is 3. The van der Waals surface area contributed by atoms with Crippen molar-refractivity contribution in [3.63, 3.8) is 0 Å². The number of aliphatic hydroxyl groups excluding tert-OH is 3. The summed E-state index contributed by atoms with van der Waals surface area (Å²) in [7, 11) is 0. The Morgan fingerprint density at radius 1 is 1.25 bits per heavy atom. The molecule has 1 fully saturated rings. The maximum atomic E-state index is 8.70. The highest BCUT2D eigenvalue weighted by Crippen LogP contribution is 2.03. The van der Waals surface area contributed by atoms with E-state index < -0.39 is 18.4 Å². The zero-order valence-electron chi connectivity index (χ0n) is 4.28. The number of rotatable bonds is 0. The van der Waals surface area contributed by atoms with Crippen LogP contribution in [0.4, 0.5) is 0 Å². The second-order valence-electron chi connectivity index (χ2n) is 1.91. The fourth-order valence-corrected chi connectivity index (χ4v) is 0.693. The van der Waals surface area contributed by atoms with Gasteiger partial charge in [0.15, 0.2) is 0 Å². The molecule has 0 spiro atoms. The molecular weight excluding hydrogens is 110 g/mol. The quantitative estimate of drug-likeness (QED) is 0.287. The van der Waals surface area contributed by atoms with E-state index in [-0.39, 0.29) is 6.54 Å². The van der Waals surface area contributed by atoms with Crippen LogP contribution in [0.2, 0.25) is 0 Å². The van der Waals surface area contributed by atoms with Crippen LogP contribution in [-0.2, 0) is 0 Å². The molecule has 1 saturated heterocycles. The van der Waals surface area contributed by atoms with Gasteiger partial charge in [-0.05, 0) is 0 Å². The van der Waals surface area contributed by atoms with Gasteiger partial charge in [0, 0.05) is 6.54 Å². The van der Waals surface area contributed by atoms with E-state index in [1.807, 2.05) is 0 Å². The summed E-state index contributed by atoms with van der Waals surface area (Å²) in [5.41, 5.74) is 0. The third kappa shape index (κ3) is 0.830. The lowest BCUT2D eigenvalue weighted by Gasteiger charge is -2.07. The molecule has 8 heavy (non-hydrogen) atoms. The third-order valence-corrected chi connectivity index (χ3v) is 1.25. The molecule has 3 atom stereocenters. The molecule has 0 radical (unpaired) electrons. The van der Waals surface area contributed by atoms with Crippen LogP contribution in [-0.4, -0.2) is 40.3 Å². The van der Waals surface area contributed by atoms with Crippen molar-refractivity contribution < 1.29 is 15.3 Å². The van der Waals surface area contributed by atoms with Gasteiger partial charge >= 0.3 is 0 Å². The normalized spacial score (nSPS) is 47.6. The van der Waals surface area contributed by atoms with Crippen molar-refractivity contribution in [1.82, 2.24) is 5.32 Å². The summed E-state index contributed by atoms with van der Waals surface area (Å²) in [6.45, 7) is 0.266. The molecule has 0 aromatic carbocycles. The Balaban J connectivity index is 2.44. The van der Waals surface area contributed by atoms with Crippen LogP contribution >= 0.6 is 0 Å². The lowest BCUT2D eigenvalue weighted by molar-refractivity contribution is -0.0208. The Morgan fingerprint density at radius 2 is 1.88 bits per heavy atom. The van der Waals surface area contributed by atoms with Gasteiger partial charge in [0.2, 0.25) is 0 Å². The average molecular weight is 119 g/mol. The molecule has 1 aliphatic rings. The van der Waals surface area contributed by atoms with E-state index in [4.69, 9.17) is 15.3 Å². The minimum Gasteiger partial charge on any atom is -0.389 e. The molecular formula is C4H9NO3. The number of nitrogens with one attached hydrogen (secondary N) is 1. The van der Waals surface area contributed by atoms with Gasteiger partial charge in [0.1, 0.15) is 12.3 Å². The molecule has 0 aromatic heterocycles. The smallest absolute Gasteiger partial charge is 0.133 e. The number of hydrogen-bond donors (Lipinski definition) is 4. The van der Waals surface area contributed by atoms with E-state index in [1.165, 1.54) is 0 Å². The fourth-order valence-electron chi connectivity index (χ4n) is 0.693. The summed E-state index contributed by atoms with van der Waals surface area (Å²) in [5.74, 6) is 0. The van der Waals surface area contributed by atoms with E-state index in [9.17, 15) is 0 Å². The summed E-state index contributed by atoms with van der Waals surface area (Å²) in [6, 6.07) is 0. The highest BCUT2D eigenvalue weighted by molar-refractivity contribution is 4.82. The maximum Gasteiger partial charge on any atom is 0.133 e. The molecule has 4 N–H and O–H groups in total. The lowest BCUT2D eigenvalue weighted by Crippen LogP contribution is -2.32. The fraction of sp³-hybridized carbons (Fsp3) is 1.00. The maximum absolute atomic E-state index is 8.70. The third-order valence-electron chi connectivity index (χ3n) is 1.25. The van der Waals surface area contributed by atoms with Gasteiger partial charge in [-0.15, -0.1) is 0 Å². The first-order valence-corrected chi connectivity index (χ1v) is 2.49.